The van der Waals surface area contributed by atoms with Gasteiger partial charge in [0, 0.05) is 25.0 Å². The van der Waals surface area contributed by atoms with Crippen LogP contribution in [0.4, 0.5) is 13.2 Å². The van der Waals surface area contributed by atoms with Gasteiger partial charge in [-0.25, -0.2) is 0 Å². The molecule has 1 aliphatic heterocycles. The van der Waals surface area contributed by atoms with Gasteiger partial charge in [-0.2, -0.15) is 18.3 Å². The summed E-state index contributed by atoms with van der Waals surface area (Å²) in [5.74, 6) is -0.636. The van der Waals surface area contributed by atoms with E-state index in [4.69, 9.17) is 0 Å². The van der Waals surface area contributed by atoms with Crippen LogP contribution in [0.15, 0.2) is 30.6 Å². The van der Waals surface area contributed by atoms with Gasteiger partial charge in [0.2, 0.25) is 0 Å². The molecule has 1 unspecified atom stereocenters. The summed E-state index contributed by atoms with van der Waals surface area (Å²) in [6.45, 7) is 2.10. The van der Waals surface area contributed by atoms with E-state index in [1.165, 1.54) is 6.42 Å². The van der Waals surface area contributed by atoms with Crippen LogP contribution >= 0.6 is 0 Å². The van der Waals surface area contributed by atoms with Crippen molar-refractivity contribution in [2.75, 3.05) is 19.6 Å². The number of halogens is 3. The molecule has 0 spiro atoms. The topological polar surface area (TPSA) is 73.9 Å². The van der Waals surface area contributed by atoms with E-state index < -0.39 is 17.8 Å². The van der Waals surface area contributed by atoms with E-state index >= 15 is 0 Å². The second-order valence-corrected chi connectivity index (χ2v) is 6.27. The molecular formula is C17H20F3N5O. The summed E-state index contributed by atoms with van der Waals surface area (Å²) in [5.41, 5.74) is -0.351. The number of piperidine rings is 1. The van der Waals surface area contributed by atoms with Gasteiger partial charge in [0.1, 0.15) is 5.69 Å². The summed E-state index contributed by atoms with van der Waals surface area (Å²) >= 11 is 0. The quantitative estimate of drug-likeness (QED) is 0.852. The first-order valence-electron chi connectivity index (χ1n) is 8.50. The Morgan fingerprint density at radius 2 is 2.08 bits per heavy atom. The van der Waals surface area contributed by atoms with Crippen molar-refractivity contribution in [3.05, 3.63) is 47.5 Å². The number of hydrogen-bond acceptors (Lipinski definition) is 4. The lowest BCUT2D eigenvalue weighted by Gasteiger charge is -2.34. The second kappa shape index (κ2) is 7.86. The number of alkyl halides is 3. The number of amides is 1. The number of rotatable bonds is 5. The standard InChI is InChI=1S/C17H20F3N5O/c18-17(19,20)15-9-13(23-24-15)16(26)22-11-14(12-5-4-6-21-10-12)25-7-2-1-3-8-25/h4-6,9-10,14H,1-3,7-8,11H2,(H,22,26)(H,23,24). The molecule has 0 bridgehead atoms. The van der Waals surface area contributed by atoms with Gasteiger partial charge in [-0.1, -0.05) is 12.5 Å². The SMILES string of the molecule is O=C(NCC(c1cccnc1)N1CCCCC1)c1cc(C(F)(F)F)[nH]n1. The monoisotopic (exact) mass is 367 g/mol. The maximum absolute atomic E-state index is 12.6. The van der Waals surface area contributed by atoms with Gasteiger partial charge in [0.15, 0.2) is 5.69 Å². The molecule has 0 aliphatic carbocycles. The van der Waals surface area contributed by atoms with Crippen LogP contribution in [-0.2, 0) is 6.18 Å². The summed E-state index contributed by atoms with van der Waals surface area (Å²) in [7, 11) is 0. The van der Waals surface area contributed by atoms with Crippen LogP contribution in [0.3, 0.4) is 0 Å². The lowest BCUT2D eigenvalue weighted by molar-refractivity contribution is -0.141. The number of pyridine rings is 1. The number of aromatic nitrogens is 3. The molecule has 1 amide bonds. The Morgan fingerprint density at radius 1 is 1.31 bits per heavy atom. The lowest BCUT2D eigenvalue weighted by Crippen LogP contribution is -2.40. The molecule has 0 saturated carbocycles. The third-order valence-electron chi connectivity index (χ3n) is 4.47. The average Bonchev–Trinajstić information content (AvgIpc) is 3.14. The van der Waals surface area contributed by atoms with Crippen LogP contribution in [-0.4, -0.2) is 45.6 Å². The van der Waals surface area contributed by atoms with E-state index in [0.29, 0.717) is 0 Å². The highest BCUT2D eigenvalue weighted by Gasteiger charge is 2.34. The Balaban J connectivity index is 1.69. The van der Waals surface area contributed by atoms with E-state index in [1.807, 2.05) is 17.2 Å². The van der Waals surface area contributed by atoms with Crippen molar-refractivity contribution in [2.24, 2.45) is 0 Å². The van der Waals surface area contributed by atoms with E-state index in [0.717, 1.165) is 37.6 Å². The smallest absolute Gasteiger partial charge is 0.349 e. The first-order chi connectivity index (χ1) is 12.4. The highest BCUT2D eigenvalue weighted by atomic mass is 19.4. The van der Waals surface area contributed by atoms with E-state index in [1.54, 1.807) is 12.4 Å². The van der Waals surface area contributed by atoms with Gasteiger partial charge >= 0.3 is 6.18 Å². The zero-order valence-electron chi connectivity index (χ0n) is 14.1. The largest absolute Gasteiger partial charge is 0.432 e. The minimum Gasteiger partial charge on any atom is -0.349 e. The highest BCUT2D eigenvalue weighted by molar-refractivity contribution is 5.92. The molecule has 2 aromatic heterocycles. The normalized spacial score (nSPS) is 17.0. The van der Waals surface area contributed by atoms with Crippen LogP contribution in [0.1, 0.15) is 47.1 Å². The minimum absolute atomic E-state index is 0.0750. The van der Waals surface area contributed by atoms with Gasteiger partial charge in [-0.15, -0.1) is 0 Å². The Bertz CT molecular complexity index is 725. The molecule has 9 heteroatoms. The molecule has 2 N–H and O–H groups in total. The van der Waals surface area contributed by atoms with Crippen molar-refractivity contribution in [1.29, 1.82) is 0 Å². The maximum atomic E-state index is 12.6. The Hall–Kier alpha value is -2.42. The van der Waals surface area contributed by atoms with Crippen molar-refractivity contribution in [3.8, 4) is 0 Å². The van der Waals surface area contributed by atoms with Crippen LogP contribution < -0.4 is 5.32 Å². The summed E-state index contributed by atoms with van der Waals surface area (Å²) < 4.78 is 37.9. The molecule has 2 aromatic rings. The van der Waals surface area contributed by atoms with Crippen molar-refractivity contribution < 1.29 is 18.0 Å². The molecule has 1 aliphatic rings. The second-order valence-electron chi connectivity index (χ2n) is 6.27. The molecule has 3 heterocycles. The Morgan fingerprint density at radius 3 is 2.69 bits per heavy atom. The molecule has 1 fully saturated rings. The fraction of sp³-hybridized carbons (Fsp3) is 0.471. The van der Waals surface area contributed by atoms with Gasteiger partial charge in [0.05, 0.1) is 6.04 Å². The van der Waals surface area contributed by atoms with E-state index in [2.05, 4.69) is 20.3 Å². The number of H-pyrrole nitrogens is 1. The number of nitrogens with one attached hydrogen (secondary N) is 2. The molecule has 140 valence electrons. The van der Waals surface area contributed by atoms with Crippen LogP contribution in [0.5, 0.6) is 0 Å². The molecule has 26 heavy (non-hydrogen) atoms. The number of nitrogens with zero attached hydrogens (tertiary/aromatic N) is 3. The van der Waals surface area contributed by atoms with Gasteiger partial charge in [-0.3, -0.25) is 19.8 Å². The van der Waals surface area contributed by atoms with E-state index in [9.17, 15) is 18.0 Å². The third kappa shape index (κ3) is 4.40. The zero-order chi connectivity index (χ0) is 18.6. The van der Waals surface area contributed by atoms with Crippen molar-refractivity contribution in [1.82, 2.24) is 25.4 Å². The predicted molar refractivity (Wildman–Crippen MR) is 88.3 cm³/mol. The minimum atomic E-state index is -4.56. The fourth-order valence-corrected chi connectivity index (χ4v) is 3.12. The van der Waals surface area contributed by atoms with Gasteiger partial charge < -0.3 is 5.32 Å². The van der Waals surface area contributed by atoms with Crippen LogP contribution in [0.25, 0.3) is 0 Å². The van der Waals surface area contributed by atoms with Crippen LogP contribution in [0, 0.1) is 0 Å². The third-order valence-corrected chi connectivity index (χ3v) is 4.47. The number of carbonyl (C=O) groups is 1. The van der Waals surface area contributed by atoms with Crippen molar-refractivity contribution in [3.63, 3.8) is 0 Å². The first kappa shape index (κ1) is 18.4. The zero-order valence-corrected chi connectivity index (χ0v) is 14.1. The summed E-state index contributed by atoms with van der Waals surface area (Å²) in [5, 5.41) is 8.02. The first-order valence-corrected chi connectivity index (χ1v) is 8.50. The fourth-order valence-electron chi connectivity index (χ4n) is 3.12. The highest BCUT2D eigenvalue weighted by Crippen LogP contribution is 2.28. The molecule has 6 nitrogen and oxygen atoms in total. The lowest BCUT2D eigenvalue weighted by atomic mass is 10.0. The summed E-state index contributed by atoms with van der Waals surface area (Å²) in [6, 6.07) is 4.41. The van der Waals surface area contributed by atoms with Gasteiger partial charge in [0.25, 0.3) is 5.91 Å². The number of likely N-dealkylation sites (tertiary alicyclic amines) is 1. The Kier molecular flexibility index (Phi) is 5.55. The number of carbonyl (C=O) groups excluding carboxylic acids is 1. The van der Waals surface area contributed by atoms with Crippen LogP contribution in [0.2, 0.25) is 0 Å². The molecule has 3 rings (SSSR count). The molecule has 1 atom stereocenters. The molecule has 0 radical (unpaired) electrons. The Labute approximate surface area is 148 Å². The molecule has 0 aromatic carbocycles. The average molecular weight is 367 g/mol. The van der Waals surface area contributed by atoms with E-state index in [-0.39, 0.29) is 18.3 Å². The molecule has 1 saturated heterocycles. The van der Waals surface area contributed by atoms with Crippen molar-refractivity contribution in [2.45, 2.75) is 31.5 Å². The number of hydrogen-bond donors (Lipinski definition) is 2. The number of aromatic amines is 1. The molecular weight excluding hydrogens is 347 g/mol. The van der Waals surface area contributed by atoms with Crippen molar-refractivity contribution >= 4 is 5.91 Å². The summed E-state index contributed by atoms with van der Waals surface area (Å²) in [4.78, 5) is 18.6. The summed E-state index contributed by atoms with van der Waals surface area (Å²) in [6.07, 6.45) is 2.21. The van der Waals surface area contributed by atoms with Gasteiger partial charge in [-0.05, 0) is 37.6 Å². The predicted octanol–water partition coefficient (Wildman–Crippen LogP) is 2.78. The maximum Gasteiger partial charge on any atom is 0.432 e.